The van der Waals surface area contributed by atoms with Crippen LogP contribution in [0.25, 0.3) is 0 Å². The van der Waals surface area contributed by atoms with E-state index in [1.165, 1.54) is 3.97 Å². The predicted molar refractivity (Wildman–Crippen MR) is 67.4 cm³/mol. The number of hydrogen-bond acceptors (Lipinski definition) is 2. The molecule has 1 aromatic carbocycles. The van der Waals surface area contributed by atoms with Gasteiger partial charge in [0, 0.05) is 12.4 Å². The van der Waals surface area contributed by atoms with Gasteiger partial charge in [-0.1, -0.05) is 24.3 Å². The molecule has 0 atom stereocenters. The van der Waals surface area contributed by atoms with E-state index in [2.05, 4.69) is 6.58 Å². The first-order chi connectivity index (χ1) is 8.14. The molecule has 2 aromatic rings. The smallest absolute Gasteiger partial charge is 0.249 e. The Kier molecular flexibility index (Phi) is 3.15. The molecule has 1 aromatic heterocycles. The maximum absolute atomic E-state index is 12.2. The summed E-state index contributed by atoms with van der Waals surface area (Å²) in [5.74, 6) is 0. The molecule has 4 heteroatoms. The van der Waals surface area contributed by atoms with Gasteiger partial charge in [0.25, 0.3) is 10.0 Å². The minimum atomic E-state index is -3.45. The van der Waals surface area contributed by atoms with Crippen molar-refractivity contribution in [3.8, 4) is 0 Å². The zero-order chi connectivity index (χ0) is 12.3. The maximum atomic E-state index is 12.2. The third-order valence-electron chi connectivity index (χ3n) is 2.43. The van der Waals surface area contributed by atoms with Crippen LogP contribution in [-0.4, -0.2) is 12.4 Å². The molecular weight excluding hydrogens is 234 g/mol. The zero-order valence-corrected chi connectivity index (χ0v) is 10.1. The highest BCUT2D eigenvalue weighted by Gasteiger charge is 2.15. The highest BCUT2D eigenvalue weighted by Crippen LogP contribution is 2.14. The van der Waals surface area contributed by atoms with Gasteiger partial charge in [0.15, 0.2) is 0 Å². The van der Waals surface area contributed by atoms with Crippen LogP contribution in [0.5, 0.6) is 0 Å². The van der Waals surface area contributed by atoms with Crippen LogP contribution in [0.3, 0.4) is 0 Å². The van der Waals surface area contributed by atoms with Crippen molar-refractivity contribution >= 4 is 10.0 Å². The van der Waals surface area contributed by atoms with Crippen molar-refractivity contribution in [1.29, 1.82) is 0 Å². The molecule has 0 spiro atoms. The molecule has 0 bridgehead atoms. The second-order valence-corrected chi connectivity index (χ2v) is 5.50. The van der Waals surface area contributed by atoms with E-state index in [1.807, 2.05) is 0 Å². The lowest BCUT2D eigenvalue weighted by Crippen LogP contribution is -2.10. The molecule has 0 saturated heterocycles. The lowest BCUT2D eigenvalue weighted by Gasteiger charge is -2.04. The summed E-state index contributed by atoms with van der Waals surface area (Å²) < 4.78 is 25.6. The van der Waals surface area contributed by atoms with E-state index in [-0.39, 0.29) is 0 Å². The van der Waals surface area contributed by atoms with Crippen LogP contribution >= 0.6 is 0 Å². The largest absolute Gasteiger partial charge is 0.267 e. The van der Waals surface area contributed by atoms with Gasteiger partial charge < -0.3 is 0 Å². The zero-order valence-electron chi connectivity index (χ0n) is 9.28. The molecule has 0 saturated carbocycles. The predicted octanol–water partition coefficient (Wildman–Crippen LogP) is 2.45. The molecule has 0 amide bonds. The summed E-state index contributed by atoms with van der Waals surface area (Å²) in [4.78, 5) is 0.292. The Bertz CT molecular complexity index is 612. The first-order valence-corrected chi connectivity index (χ1v) is 6.67. The summed E-state index contributed by atoms with van der Waals surface area (Å²) in [5, 5.41) is 0. The highest BCUT2D eigenvalue weighted by molar-refractivity contribution is 7.90. The van der Waals surface area contributed by atoms with Gasteiger partial charge in [0.2, 0.25) is 0 Å². The molecule has 2 rings (SSSR count). The van der Waals surface area contributed by atoms with Crippen LogP contribution in [0.2, 0.25) is 0 Å². The van der Waals surface area contributed by atoms with E-state index >= 15 is 0 Å². The fourth-order valence-corrected chi connectivity index (χ4v) is 2.81. The third-order valence-corrected chi connectivity index (χ3v) is 4.08. The van der Waals surface area contributed by atoms with E-state index in [4.69, 9.17) is 0 Å². The van der Waals surface area contributed by atoms with E-state index in [0.717, 1.165) is 5.56 Å². The van der Waals surface area contributed by atoms with E-state index in [1.54, 1.807) is 54.9 Å². The summed E-state index contributed by atoms with van der Waals surface area (Å²) in [5.41, 5.74) is 0.930. The molecule has 1 heterocycles. The first kappa shape index (κ1) is 11.7. The van der Waals surface area contributed by atoms with Crippen molar-refractivity contribution in [2.45, 2.75) is 11.3 Å². The average molecular weight is 247 g/mol. The molecule has 0 fully saturated rings. The number of hydrogen-bond donors (Lipinski definition) is 0. The van der Waals surface area contributed by atoms with Crippen molar-refractivity contribution in [3.63, 3.8) is 0 Å². The quantitative estimate of drug-likeness (QED) is 0.778. The molecule has 0 unspecified atom stereocenters. The minimum Gasteiger partial charge on any atom is -0.249 e. The summed E-state index contributed by atoms with van der Waals surface area (Å²) in [7, 11) is -3.45. The lowest BCUT2D eigenvalue weighted by molar-refractivity contribution is 0.587. The normalized spacial score (nSPS) is 11.3. The van der Waals surface area contributed by atoms with Crippen LogP contribution in [0.1, 0.15) is 5.56 Å². The average Bonchev–Trinajstić information content (AvgIpc) is 2.80. The number of nitrogens with zero attached hydrogens (tertiary/aromatic N) is 1. The Hall–Kier alpha value is -1.81. The molecule has 88 valence electrons. The minimum absolute atomic E-state index is 0.292. The second-order valence-electron chi connectivity index (χ2n) is 3.66. The molecular formula is C13H13NO2S. The SMILES string of the molecule is C=CCc1ccn(S(=O)(=O)c2ccccc2)c1. The van der Waals surface area contributed by atoms with Crippen LogP contribution in [0.4, 0.5) is 0 Å². The van der Waals surface area contributed by atoms with Crippen LogP contribution < -0.4 is 0 Å². The number of benzene rings is 1. The number of allylic oxidation sites excluding steroid dienone is 1. The molecule has 0 aliphatic heterocycles. The van der Waals surface area contributed by atoms with Gasteiger partial charge in [0.1, 0.15) is 0 Å². The van der Waals surface area contributed by atoms with Gasteiger partial charge in [-0.2, -0.15) is 0 Å². The highest BCUT2D eigenvalue weighted by atomic mass is 32.2. The van der Waals surface area contributed by atoms with Crippen molar-refractivity contribution < 1.29 is 8.42 Å². The fraction of sp³-hybridized carbons (Fsp3) is 0.0769. The Labute approximate surface area is 101 Å². The van der Waals surface area contributed by atoms with Gasteiger partial charge in [-0.05, 0) is 30.2 Å². The molecule has 0 N–H and O–H groups in total. The lowest BCUT2D eigenvalue weighted by atomic mass is 10.2. The molecule has 0 aliphatic carbocycles. The van der Waals surface area contributed by atoms with Gasteiger partial charge in [-0.3, -0.25) is 0 Å². The van der Waals surface area contributed by atoms with Crippen molar-refractivity contribution in [1.82, 2.24) is 3.97 Å². The number of rotatable bonds is 4. The second kappa shape index (κ2) is 4.59. The summed E-state index contributed by atoms with van der Waals surface area (Å²) >= 11 is 0. The molecule has 0 radical (unpaired) electrons. The van der Waals surface area contributed by atoms with Crippen molar-refractivity contribution in [2.24, 2.45) is 0 Å². The van der Waals surface area contributed by atoms with Gasteiger partial charge in [-0.25, -0.2) is 12.4 Å². The summed E-state index contributed by atoms with van der Waals surface area (Å²) in [6.45, 7) is 3.63. The van der Waals surface area contributed by atoms with E-state index in [0.29, 0.717) is 11.3 Å². The summed E-state index contributed by atoms with van der Waals surface area (Å²) in [6, 6.07) is 10.2. The Morgan fingerprint density at radius 3 is 2.53 bits per heavy atom. The molecule has 3 nitrogen and oxygen atoms in total. The van der Waals surface area contributed by atoms with Crippen LogP contribution in [0, 0.1) is 0 Å². The molecule has 17 heavy (non-hydrogen) atoms. The Balaban J connectivity index is 2.42. The third kappa shape index (κ3) is 2.31. The van der Waals surface area contributed by atoms with Gasteiger partial charge >= 0.3 is 0 Å². The summed E-state index contributed by atoms with van der Waals surface area (Å²) in [6.07, 6.45) is 5.58. The first-order valence-electron chi connectivity index (χ1n) is 5.23. The fourth-order valence-electron chi connectivity index (χ4n) is 1.57. The topological polar surface area (TPSA) is 39.1 Å². The maximum Gasteiger partial charge on any atom is 0.267 e. The van der Waals surface area contributed by atoms with Crippen LogP contribution in [-0.2, 0) is 16.4 Å². The standard InChI is InChI=1S/C13H13NO2S/c1-2-6-12-9-10-14(11-12)17(15,16)13-7-4-3-5-8-13/h2-5,7-11H,1,6H2. The molecule has 0 aliphatic rings. The van der Waals surface area contributed by atoms with Crippen LogP contribution in [0.15, 0.2) is 66.3 Å². The van der Waals surface area contributed by atoms with Crippen molar-refractivity contribution in [3.05, 3.63) is 67.0 Å². The van der Waals surface area contributed by atoms with Gasteiger partial charge in [0.05, 0.1) is 4.90 Å². The monoisotopic (exact) mass is 247 g/mol. The van der Waals surface area contributed by atoms with E-state index in [9.17, 15) is 8.42 Å². The Morgan fingerprint density at radius 2 is 1.88 bits per heavy atom. The van der Waals surface area contributed by atoms with Crippen molar-refractivity contribution in [2.75, 3.05) is 0 Å². The van der Waals surface area contributed by atoms with E-state index < -0.39 is 10.0 Å². The van der Waals surface area contributed by atoms with Gasteiger partial charge in [-0.15, -0.1) is 6.58 Å². The number of aromatic nitrogens is 1. The Morgan fingerprint density at radius 1 is 1.18 bits per heavy atom.